The van der Waals surface area contributed by atoms with Gasteiger partial charge in [0.1, 0.15) is 18.1 Å². The average Bonchev–Trinajstić information content (AvgIpc) is 3.22. The monoisotopic (exact) mass is 907 g/mol. The van der Waals surface area contributed by atoms with E-state index in [1.54, 1.807) is 75.5 Å². The van der Waals surface area contributed by atoms with Gasteiger partial charge in [-0.1, -0.05) is 98.9 Å². The molecule has 0 spiro atoms. The van der Waals surface area contributed by atoms with Crippen LogP contribution in [-0.2, 0) is 28.5 Å². The molecule has 18 atom stereocenters. The zero-order valence-corrected chi connectivity index (χ0v) is 37.3. The van der Waals surface area contributed by atoms with Gasteiger partial charge in [0.25, 0.3) is 0 Å². The van der Waals surface area contributed by atoms with Crippen LogP contribution in [0.4, 0.5) is 0 Å². The number of allylic oxidation sites excluding steroid dienone is 12. The summed E-state index contributed by atoms with van der Waals surface area (Å²) in [5.41, 5.74) is 6.03. The van der Waals surface area contributed by atoms with E-state index in [1.807, 2.05) is 37.3 Å². The number of aliphatic carboxylic acids is 1. The number of aliphatic hydroxyl groups is 9. The van der Waals surface area contributed by atoms with Crippen LogP contribution in [-0.4, -0.2) is 154 Å². The lowest BCUT2D eigenvalue weighted by Gasteiger charge is -2.45. The summed E-state index contributed by atoms with van der Waals surface area (Å²) in [6.45, 7) is 6.81. The highest BCUT2D eigenvalue weighted by Crippen LogP contribution is 2.38. The van der Waals surface area contributed by atoms with Crippen LogP contribution in [0, 0.1) is 17.8 Å². The largest absolute Gasteiger partial charge is 0.481 e. The quantitative estimate of drug-likeness (QED) is 0.180. The van der Waals surface area contributed by atoms with Gasteiger partial charge in [0, 0.05) is 31.1 Å². The van der Waals surface area contributed by atoms with E-state index in [0.29, 0.717) is 0 Å². The maximum Gasteiger partial charge on any atom is 0.311 e. The van der Waals surface area contributed by atoms with E-state index in [9.17, 15) is 60.7 Å². The number of aliphatic hydroxyl groups excluding tert-OH is 8. The summed E-state index contributed by atoms with van der Waals surface area (Å²) >= 11 is 0. The lowest BCUT2D eigenvalue weighted by molar-refractivity contribution is -0.304. The van der Waals surface area contributed by atoms with E-state index in [2.05, 4.69) is 0 Å². The van der Waals surface area contributed by atoms with Crippen LogP contribution in [0.5, 0.6) is 0 Å². The van der Waals surface area contributed by atoms with E-state index in [4.69, 9.17) is 24.7 Å². The second-order valence-corrected chi connectivity index (χ2v) is 17.4. The normalized spacial score (nSPS) is 44.8. The molecule has 3 aliphatic rings. The number of nitrogens with two attached hydrogens (primary N) is 1. The first kappa shape index (κ1) is 54.9. The summed E-state index contributed by atoms with van der Waals surface area (Å²) in [5.74, 6) is -6.33. The summed E-state index contributed by atoms with van der Waals surface area (Å²) in [6, 6.07) is -1.12. The summed E-state index contributed by atoms with van der Waals surface area (Å²) in [5, 5.41) is 107. The van der Waals surface area contributed by atoms with Crippen molar-refractivity contribution in [3.05, 3.63) is 85.1 Å². The number of carboxylic acids is 1. The van der Waals surface area contributed by atoms with Gasteiger partial charge < -0.3 is 75.7 Å². The highest BCUT2D eigenvalue weighted by atomic mass is 16.7. The third kappa shape index (κ3) is 18.1. The summed E-state index contributed by atoms with van der Waals surface area (Å²) < 4.78 is 23.3. The fraction of sp³-hybridized carbons (Fsp3) is 0.660. The third-order valence-corrected chi connectivity index (χ3v) is 12.0. The fourth-order valence-electron chi connectivity index (χ4n) is 7.89. The Labute approximate surface area is 376 Å². The second kappa shape index (κ2) is 27.3. The molecule has 2 saturated heterocycles. The predicted octanol–water partition coefficient (Wildman–Crippen LogP) is 1.74. The van der Waals surface area contributed by atoms with Crippen molar-refractivity contribution in [2.75, 3.05) is 0 Å². The number of cyclic esters (lactones) is 1. The van der Waals surface area contributed by atoms with Gasteiger partial charge in [-0.2, -0.15) is 0 Å². The van der Waals surface area contributed by atoms with Crippen LogP contribution in [0.25, 0.3) is 0 Å². The molecule has 2 bridgehead atoms. The van der Waals surface area contributed by atoms with Crippen molar-refractivity contribution >= 4 is 11.9 Å². The Morgan fingerprint density at radius 2 is 1.27 bits per heavy atom. The molecule has 0 radical (unpaired) electrons. The van der Waals surface area contributed by atoms with Crippen molar-refractivity contribution < 1.29 is 79.6 Å². The molecule has 6 unspecified atom stereocenters. The Morgan fingerprint density at radius 3 is 1.86 bits per heavy atom. The van der Waals surface area contributed by atoms with E-state index >= 15 is 0 Å². The molecule has 64 heavy (non-hydrogen) atoms. The number of esters is 1. The molecule has 362 valence electrons. The van der Waals surface area contributed by atoms with Gasteiger partial charge in [-0.05, 0) is 46.0 Å². The van der Waals surface area contributed by atoms with E-state index in [1.165, 1.54) is 0 Å². The fourth-order valence-corrected chi connectivity index (χ4v) is 7.89. The summed E-state index contributed by atoms with van der Waals surface area (Å²) in [4.78, 5) is 25.1. The number of rotatable bonds is 3. The van der Waals surface area contributed by atoms with Crippen molar-refractivity contribution in [3.63, 3.8) is 0 Å². The number of fused-ring (bicyclic) bond motifs is 2. The molecule has 0 amide bonds. The second-order valence-electron chi connectivity index (χ2n) is 17.4. The Hall–Kier alpha value is -3.40. The molecule has 0 aliphatic carbocycles. The minimum absolute atomic E-state index is 0.0199. The first-order chi connectivity index (χ1) is 30.2. The number of hydrogen-bond acceptors (Lipinski definition) is 16. The number of hydrogen-bond donors (Lipinski definition) is 11. The maximum absolute atomic E-state index is 12.6. The molecule has 17 heteroatoms. The van der Waals surface area contributed by atoms with Crippen molar-refractivity contribution in [2.24, 2.45) is 23.5 Å². The molecule has 0 saturated carbocycles. The molecular weight excluding hydrogens is 835 g/mol. The standard InChI is InChI=1S/C47H73NO16/c1-28-18-15-13-11-9-7-5-6-8-10-12-14-16-19-34(63-46-44(57)41(48)43(56)31(4)62-46)26-38-40(45(58)59)37(53)27-47(60,64-38)23-17-20-35(51)36(52)22-21-32(49)24-33(50)25-39(54)61-30(3)29(2)42(28)55/h5-16,18-19,28-38,40-44,46,49-53,55-57,60H,17,20-27,48H2,1-4H3,(H,58,59)/b6-5+,9-7+,10-8+,13-11+,14-12+,18-15+,19-16+/t28-,29-,30-,31?,32+,33+,34-,35+,36+,37-,38?,40+,41?,42+,43?,44?,46?,47+/m0/s1. The molecule has 12 N–H and O–H groups in total. The molecular formula is C47H73NO16. The Kier molecular flexibility index (Phi) is 23.4. The van der Waals surface area contributed by atoms with Gasteiger partial charge in [0.15, 0.2) is 12.1 Å². The topological polar surface area (TPSA) is 299 Å². The minimum Gasteiger partial charge on any atom is -0.481 e. The first-order valence-electron chi connectivity index (χ1n) is 22.2. The van der Waals surface area contributed by atoms with Crippen molar-refractivity contribution in [2.45, 2.75) is 177 Å². The van der Waals surface area contributed by atoms with Crippen molar-refractivity contribution in [3.8, 4) is 0 Å². The van der Waals surface area contributed by atoms with Crippen LogP contribution in [0.2, 0.25) is 0 Å². The van der Waals surface area contributed by atoms with Crippen LogP contribution >= 0.6 is 0 Å². The molecule has 3 aliphatic heterocycles. The summed E-state index contributed by atoms with van der Waals surface area (Å²) in [7, 11) is 0. The Balaban J connectivity index is 1.83. The summed E-state index contributed by atoms with van der Waals surface area (Å²) in [6.07, 6.45) is 7.89. The Morgan fingerprint density at radius 1 is 0.703 bits per heavy atom. The highest BCUT2D eigenvalue weighted by molar-refractivity contribution is 5.71. The van der Waals surface area contributed by atoms with Gasteiger partial charge in [-0.25, -0.2) is 0 Å². The highest BCUT2D eigenvalue weighted by Gasteiger charge is 2.50. The van der Waals surface area contributed by atoms with Crippen LogP contribution in [0.15, 0.2) is 85.1 Å². The zero-order chi connectivity index (χ0) is 47.6. The van der Waals surface area contributed by atoms with Gasteiger partial charge in [0.2, 0.25) is 0 Å². The lowest BCUT2D eigenvalue weighted by atomic mass is 9.83. The molecule has 0 aromatic heterocycles. The Bertz CT molecular complexity index is 1630. The molecule has 0 aromatic rings. The SMILES string of the molecule is CC1OC(O[C@H]2/C=C/C=C/C=C/C=C/C=C/C=C/C=C/[C@H](C)[C@@H](O)[C@@H](C)[C@H](C)OC(=O)C[C@H](O)C[C@H](O)CC[C@@H](O)[C@H](O)CCC[C@]3(O)C[C@H](O)[C@@H](C(=O)O)C(C2)O3)C(O)C(N)C1O. The number of ether oxygens (including phenoxy) is 4. The molecule has 17 nitrogen and oxygen atoms in total. The van der Waals surface area contributed by atoms with Gasteiger partial charge in [0.05, 0.1) is 73.5 Å². The van der Waals surface area contributed by atoms with Gasteiger partial charge in [-0.15, -0.1) is 0 Å². The predicted molar refractivity (Wildman–Crippen MR) is 236 cm³/mol. The molecule has 3 rings (SSSR count). The number of carboxylic acid groups (broad SMARTS) is 1. The van der Waals surface area contributed by atoms with Crippen LogP contribution in [0.3, 0.4) is 0 Å². The van der Waals surface area contributed by atoms with Crippen LogP contribution in [0.1, 0.15) is 85.5 Å². The van der Waals surface area contributed by atoms with E-state index in [-0.39, 0.29) is 50.9 Å². The molecule has 2 fully saturated rings. The molecule has 3 heterocycles. The van der Waals surface area contributed by atoms with Crippen molar-refractivity contribution in [1.29, 1.82) is 0 Å². The average molecular weight is 908 g/mol. The zero-order valence-electron chi connectivity index (χ0n) is 37.3. The van der Waals surface area contributed by atoms with E-state index in [0.717, 1.165) is 0 Å². The number of carbonyl (C=O) groups is 2. The third-order valence-electron chi connectivity index (χ3n) is 12.0. The van der Waals surface area contributed by atoms with Crippen molar-refractivity contribution in [1.82, 2.24) is 0 Å². The van der Waals surface area contributed by atoms with E-state index < -0.39 is 128 Å². The van der Waals surface area contributed by atoms with Gasteiger partial charge in [-0.3, -0.25) is 9.59 Å². The maximum atomic E-state index is 12.6. The minimum atomic E-state index is -2.05. The number of carbonyl (C=O) groups excluding carboxylic acids is 1. The van der Waals surface area contributed by atoms with Crippen LogP contribution < -0.4 is 5.73 Å². The van der Waals surface area contributed by atoms with Gasteiger partial charge >= 0.3 is 11.9 Å². The first-order valence-corrected chi connectivity index (χ1v) is 22.2. The smallest absolute Gasteiger partial charge is 0.311 e. The molecule has 0 aromatic carbocycles. The lowest BCUT2D eigenvalue weighted by Crippen LogP contribution is -2.61.